The second-order valence-corrected chi connectivity index (χ2v) is 6.92. The van der Waals surface area contributed by atoms with Crippen LogP contribution in [0.15, 0.2) is 42.5 Å². The first-order chi connectivity index (χ1) is 13.0. The van der Waals surface area contributed by atoms with Crippen molar-refractivity contribution in [2.45, 2.75) is 26.7 Å². The van der Waals surface area contributed by atoms with Crippen molar-refractivity contribution in [3.8, 4) is 0 Å². The number of carbonyl (C=O) groups excluding carboxylic acids is 2. The first kappa shape index (κ1) is 19.1. The summed E-state index contributed by atoms with van der Waals surface area (Å²) in [6.45, 7) is 7.25. The van der Waals surface area contributed by atoms with Gasteiger partial charge in [-0.1, -0.05) is 12.1 Å². The molecule has 1 amide bonds. The number of ether oxygens (including phenoxy) is 1. The SMILES string of the molecule is Cc1ccc(C(=O)CCC(=O)Nc2ccc(N3CCOCC3)cc2)cc1C. The Labute approximate surface area is 160 Å². The molecule has 0 saturated carbocycles. The third kappa shape index (κ3) is 5.17. The van der Waals surface area contributed by atoms with Crippen molar-refractivity contribution in [2.24, 2.45) is 0 Å². The van der Waals surface area contributed by atoms with Gasteiger partial charge in [0.2, 0.25) is 5.91 Å². The topological polar surface area (TPSA) is 58.6 Å². The summed E-state index contributed by atoms with van der Waals surface area (Å²) in [5.74, 6) is -0.151. The minimum Gasteiger partial charge on any atom is -0.378 e. The summed E-state index contributed by atoms with van der Waals surface area (Å²) in [4.78, 5) is 26.7. The highest BCUT2D eigenvalue weighted by Gasteiger charge is 2.12. The van der Waals surface area contributed by atoms with Gasteiger partial charge in [0.15, 0.2) is 5.78 Å². The highest BCUT2D eigenvalue weighted by molar-refractivity contribution is 6.00. The third-order valence-corrected chi connectivity index (χ3v) is 4.94. The number of nitrogens with zero attached hydrogens (tertiary/aromatic N) is 1. The minimum atomic E-state index is -0.147. The number of hydrogen-bond acceptors (Lipinski definition) is 4. The summed E-state index contributed by atoms with van der Waals surface area (Å²) in [5.41, 5.74) is 4.79. The Balaban J connectivity index is 1.50. The average molecular weight is 366 g/mol. The fraction of sp³-hybridized carbons (Fsp3) is 0.364. The maximum atomic E-state index is 12.3. The highest BCUT2D eigenvalue weighted by atomic mass is 16.5. The lowest BCUT2D eigenvalue weighted by atomic mass is 10.0. The number of morpholine rings is 1. The van der Waals surface area contributed by atoms with Crippen molar-refractivity contribution < 1.29 is 14.3 Å². The van der Waals surface area contributed by atoms with E-state index in [9.17, 15) is 9.59 Å². The zero-order chi connectivity index (χ0) is 19.2. The number of carbonyl (C=O) groups is 2. The van der Waals surface area contributed by atoms with Crippen molar-refractivity contribution >= 4 is 23.1 Å². The molecule has 1 heterocycles. The summed E-state index contributed by atoms with van der Waals surface area (Å²) in [6, 6.07) is 13.5. The van der Waals surface area contributed by atoms with Gasteiger partial charge in [0.1, 0.15) is 0 Å². The molecule has 2 aromatic rings. The number of amides is 1. The predicted octanol–water partition coefficient (Wildman–Crippen LogP) is 3.74. The lowest BCUT2D eigenvalue weighted by Gasteiger charge is -2.28. The van der Waals surface area contributed by atoms with Crippen LogP contribution in [-0.2, 0) is 9.53 Å². The van der Waals surface area contributed by atoms with Crippen molar-refractivity contribution in [3.63, 3.8) is 0 Å². The zero-order valence-electron chi connectivity index (χ0n) is 16.0. The molecule has 5 nitrogen and oxygen atoms in total. The van der Waals surface area contributed by atoms with Crippen LogP contribution in [0, 0.1) is 13.8 Å². The molecule has 0 bridgehead atoms. The Morgan fingerprint density at radius 1 is 0.963 bits per heavy atom. The van der Waals surface area contributed by atoms with E-state index >= 15 is 0 Å². The molecule has 5 heteroatoms. The van der Waals surface area contributed by atoms with Crippen molar-refractivity contribution in [3.05, 3.63) is 59.2 Å². The summed E-state index contributed by atoms with van der Waals surface area (Å²) < 4.78 is 5.36. The Hall–Kier alpha value is -2.66. The van der Waals surface area contributed by atoms with Crippen LogP contribution in [0.1, 0.15) is 34.3 Å². The van der Waals surface area contributed by atoms with Crippen LogP contribution in [-0.4, -0.2) is 38.0 Å². The lowest BCUT2D eigenvalue weighted by molar-refractivity contribution is -0.116. The molecule has 0 aliphatic carbocycles. The summed E-state index contributed by atoms with van der Waals surface area (Å²) >= 11 is 0. The van der Waals surface area contributed by atoms with Crippen LogP contribution in [0.5, 0.6) is 0 Å². The number of ketones is 1. The van der Waals surface area contributed by atoms with E-state index in [2.05, 4.69) is 10.2 Å². The molecule has 0 radical (unpaired) electrons. The molecule has 1 fully saturated rings. The fourth-order valence-electron chi connectivity index (χ4n) is 3.09. The number of anilines is 2. The predicted molar refractivity (Wildman–Crippen MR) is 108 cm³/mol. The van der Waals surface area contributed by atoms with E-state index in [4.69, 9.17) is 4.74 Å². The van der Waals surface area contributed by atoms with Gasteiger partial charge in [0.05, 0.1) is 13.2 Å². The van der Waals surface area contributed by atoms with Gasteiger partial charge in [0, 0.05) is 42.9 Å². The largest absolute Gasteiger partial charge is 0.378 e. The van der Waals surface area contributed by atoms with Crippen LogP contribution in [0.3, 0.4) is 0 Å². The van der Waals surface area contributed by atoms with Gasteiger partial charge in [-0.05, 0) is 55.3 Å². The molecule has 0 atom stereocenters. The normalized spacial score (nSPS) is 14.1. The molecular formula is C22H26N2O3. The average Bonchev–Trinajstić information content (AvgIpc) is 2.69. The highest BCUT2D eigenvalue weighted by Crippen LogP contribution is 2.19. The lowest BCUT2D eigenvalue weighted by Crippen LogP contribution is -2.36. The first-order valence-corrected chi connectivity index (χ1v) is 9.36. The fourth-order valence-corrected chi connectivity index (χ4v) is 3.09. The van der Waals surface area contributed by atoms with Crippen LogP contribution >= 0.6 is 0 Å². The number of Topliss-reactive ketones (excluding diaryl/α,β-unsaturated/α-hetero) is 1. The van der Waals surface area contributed by atoms with Gasteiger partial charge in [-0.25, -0.2) is 0 Å². The standard InChI is InChI=1S/C22H26N2O3/c1-16-3-4-18(15-17(16)2)21(25)9-10-22(26)23-19-5-7-20(8-6-19)24-11-13-27-14-12-24/h3-8,15H,9-14H2,1-2H3,(H,23,26). The third-order valence-electron chi connectivity index (χ3n) is 4.94. The molecular weight excluding hydrogens is 340 g/mol. The van der Waals surface area contributed by atoms with E-state index in [-0.39, 0.29) is 24.5 Å². The maximum Gasteiger partial charge on any atom is 0.224 e. The molecule has 3 rings (SSSR count). The second-order valence-electron chi connectivity index (χ2n) is 6.92. The number of aryl methyl sites for hydroxylation is 2. The van der Waals surface area contributed by atoms with Crippen LogP contribution < -0.4 is 10.2 Å². The summed E-state index contributed by atoms with van der Waals surface area (Å²) in [7, 11) is 0. The van der Waals surface area contributed by atoms with Crippen LogP contribution in [0.2, 0.25) is 0 Å². The molecule has 1 N–H and O–H groups in total. The molecule has 1 aliphatic heterocycles. The van der Waals surface area contributed by atoms with Gasteiger partial charge >= 0.3 is 0 Å². The molecule has 0 unspecified atom stereocenters. The molecule has 1 aliphatic rings. The molecule has 0 aromatic heterocycles. The molecule has 142 valence electrons. The Bertz CT molecular complexity index is 809. The quantitative estimate of drug-likeness (QED) is 0.791. The van der Waals surface area contributed by atoms with E-state index in [1.54, 1.807) is 0 Å². The van der Waals surface area contributed by atoms with Crippen molar-refractivity contribution in [1.29, 1.82) is 0 Å². The van der Waals surface area contributed by atoms with Gasteiger partial charge in [-0.2, -0.15) is 0 Å². The van der Waals surface area contributed by atoms with Gasteiger partial charge in [-0.3, -0.25) is 9.59 Å². The molecule has 0 spiro atoms. The molecule has 2 aromatic carbocycles. The van der Waals surface area contributed by atoms with Gasteiger partial charge in [-0.15, -0.1) is 0 Å². The number of nitrogens with one attached hydrogen (secondary N) is 1. The first-order valence-electron chi connectivity index (χ1n) is 9.36. The second kappa shape index (κ2) is 8.82. The van der Waals surface area contributed by atoms with Gasteiger partial charge < -0.3 is 15.0 Å². The number of hydrogen-bond donors (Lipinski definition) is 1. The Kier molecular flexibility index (Phi) is 6.24. The van der Waals surface area contributed by atoms with Crippen molar-refractivity contribution in [1.82, 2.24) is 0 Å². The van der Waals surface area contributed by atoms with Gasteiger partial charge in [0.25, 0.3) is 0 Å². The zero-order valence-corrected chi connectivity index (χ0v) is 16.0. The van der Waals surface area contributed by atoms with E-state index < -0.39 is 0 Å². The molecule has 27 heavy (non-hydrogen) atoms. The monoisotopic (exact) mass is 366 g/mol. The number of rotatable bonds is 6. The Morgan fingerprint density at radius 2 is 1.67 bits per heavy atom. The van der Waals surface area contributed by atoms with Crippen molar-refractivity contribution in [2.75, 3.05) is 36.5 Å². The van der Waals surface area contributed by atoms with E-state index in [1.165, 1.54) is 0 Å². The minimum absolute atomic E-state index is 0.00378. The number of benzene rings is 2. The summed E-state index contributed by atoms with van der Waals surface area (Å²) in [5, 5.41) is 2.87. The van der Waals surface area contributed by atoms with Crippen LogP contribution in [0.4, 0.5) is 11.4 Å². The van der Waals surface area contributed by atoms with Crippen LogP contribution in [0.25, 0.3) is 0 Å². The van der Waals surface area contributed by atoms with E-state index in [0.717, 1.165) is 48.8 Å². The molecule has 1 saturated heterocycles. The smallest absolute Gasteiger partial charge is 0.224 e. The maximum absolute atomic E-state index is 12.3. The van der Waals surface area contributed by atoms with E-state index in [1.807, 2.05) is 56.3 Å². The van der Waals surface area contributed by atoms with E-state index in [0.29, 0.717) is 5.56 Å². The Morgan fingerprint density at radius 3 is 2.33 bits per heavy atom. The summed E-state index contributed by atoms with van der Waals surface area (Å²) in [6.07, 6.45) is 0.386.